The first-order valence-corrected chi connectivity index (χ1v) is 5.39. The van der Waals surface area contributed by atoms with Gasteiger partial charge in [-0.05, 0) is 36.7 Å². The van der Waals surface area contributed by atoms with Crippen LogP contribution in [0.5, 0.6) is 0 Å². The van der Waals surface area contributed by atoms with Crippen LogP contribution in [0.25, 0.3) is 17.3 Å². The van der Waals surface area contributed by atoms with E-state index in [2.05, 4.69) is 20.9 Å². The standard InChI is InChI=1S/C13H10ClN3/c1-3-4-5-10-9(2)16-8-11(10)12-6-7-15-13(14)17-12/h1,4-8,16H,2H3/b5-4-. The van der Waals surface area contributed by atoms with Crippen LogP contribution in [0.4, 0.5) is 0 Å². The lowest BCUT2D eigenvalue weighted by Gasteiger charge is -2.00. The molecule has 2 heterocycles. The van der Waals surface area contributed by atoms with E-state index in [0.717, 1.165) is 22.5 Å². The first-order valence-electron chi connectivity index (χ1n) is 5.02. The fourth-order valence-electron chi connectivity index (χ4n) is 1.58. The summed E-state index contributed by atoms with van der Waals surface area (Å²) >= 11 is 5.78. The van der Waals surface area contributed by atoms with E-state index in [1.165, 1.54) is 0 Å². The molecular weight excluding hydrogens is 234 g/mol. The van der Waals surface area contributed by atoms with Gasteiger partial charge >= 0.3 is 0 Å². The maximum atomic E-state index is 5.78. The lowest BCUT2D eigenvalue weighted by Crippen LogP contribution is -1.87. The van der Waals surface area contributed by atoms with Crippen molar-refractivity contribution < 1.29 is 0 Å². The van der Waals surface area contributed by atoms with Crippen LogP contribution in [0.2, 0.25) is 5.28 Å². The summed E-state index contributed by atoms with van der Waals surface area (Å²) in [6.45, 7) is 1.97. The Morgan fingerprint density at radius 1 is 1.53 bits per heavy atom. The molecule has 0 aliphatic carbocycles. The zero-order valence-electron chi connectivity index (χ0n) is 9.24. The van der Waals surface area contributed by atoms with E-state index in [0.29, 0.717) is 0 Å². The Balaban J connectivity index is 2.53. The monoisotopic (exact) mass is 243 g/mol. The molecule has 2 aromatic heterocycles. The minimum atomic E-state index is 0.230. The molecule has 4 heteroatoms. The summed E-state index contributed by atoms with van der Waals surface area (Å²) in [5.41, 5.74) is 3.77. The Morgan fingerprint density at radius 2 is 2.35 bits per heavy atom. The van der Waals surface area contributed by atoms with Gasteiger partial charge in [0.15, 0.2) is 0 Å². The van der Waals surface area contributed by atoms with Crippen LogP contribution in [0, 0.1) is 19.3 Å². The third-order valence-electron chi connectivity index (χ3n) is 2.38. The van der Waals surface area contributed by atoms with Gasteiger partial charge in [-0.2, -0.15) is 0 Å². The van der Waals surface area contributed by atoms with Gasteiger partial charge in [0.1, 0.15) is 0 Å². The summed E-state index contributed by atoms with van der Waals surface area (Å²) < 4.78 is 0. The molecule has 0 aliphatic heterocycles. The average Bonchev–Trinajstić information content (AvgIpc) is 2.68. The van der Waals surface area contributed by atoms with E-state index < -0.39 is 0 Å². The number of hydrogen-bond donors (Lipinski definition) is 1. The number of H-pyrrole nitrogens is 1. The summed E-state index contributed by atoms with van der Waals surface area (Å²) in [4.78, 5) is 11.2. The van der Waals surface area contributed by atoms with Crippen molar-refractivity contribution in [1.29, 1.82) is 0 Å². The smallest absolute Gasteiger partial charge is 0.222 e. The van der Waals surface area contributed by atoms with E-state index in [1.807, 2.05) is 25.3 Å². The number of aromatic amines is 1. The minimum absolute atomic E-state index is 0.230. The number of aryl methyl sites for hydroxylation is 1. The molecule has 0 atom stereocenters. The highest BCUT2D eigenvalue weighted by atomic mass is 35.5. The van der Waals surface area contributed by atoms with E-state index in [1.54, 1.807) is 12.3 Å². The second kappa shape index (κ2) is 4.86. The van der Waals surface area contributed by atoms with Crippen LogP contribution in [0.1, 0.15) is 11.3 Å². The average molecular weight is 244 g/mol. The van der Waals surface area contributed by atoms with Gasteiger partial charge in [0.2, 0.25) is 5.28 Å². The second-order valence-electron chi connectivity index (χ2n) is 3.45. The molecule has 0 aromatic carbocycles. The third-order valence-corrected chi connectivity index (χ3v) is 2.56. The number of nitrogens with zero attached hydrogens (tertiary/aromatic N) is 2. The van der Waals surface area contributed by atoms with Gasteiger partial charge in [0, 0.05) is 29.2 Å². The number of allylic oxidation sites excluding steroid dienone is 1. The molecule has 0 aliphatic rings. The molecule has 0 unspecified atom stereocenters. The highest BCUT2D eigenvalue weighted by molar-refractivity contribution is 6.28. The molecule has 84 valence electrons. The van der Waals surface area contributed by atoms with E-state index in [9.17, 15) is 0 Å². The van der Waals surface area contributed by atoms with Crippen LogP contribution in [-0.2, 0) is 0 Å². The predicted octanol–water partition coefficient (Wildman–Crippen LogP) is 3.08. The summed E-state index contributed by atoms with van der Waals surface area (Å²) in [5, 5.41) is 0.230. The topological polar surface area (TPSA) is 41.6 Å². The number of halogens is 1. The van der Waals surface area contributed by atoms with Crippen molar-refractivity contribution in [3.8, 4) is 23.6 Å². The predicted molar refractivity (Wildman–Crippen MR) is 69.4 cm³/mol. The van der Waals surface area contributed by atoms with Gasteiger partial charge in [-0.1, -0.05) is 5.92 Å². The van der Waals surface area contributed by atoms with Crippen molar-refractivity contribution in [3.05, 3.63) is 41.1 Å². The fraction of sp³-hybridized carbons (Fsp3) is 0.0769. The zero-order valence-corrected chi connectivity index (χ0v) is 9.99. The molecule has 17 heavy (non-hydrogen) atoms. The van der Waals surface area contributed by atoms with E-state index in [-0.39, 0.29) is 5.28 Å². The van der Waals surface area contributed by atoms with Crippen molar-refractivity contribution in [2.45, 2.75) is 6.92 Å². The minimum Gasteiger partial charge on any atom is -0.364 e. The van der Waals surface area contributed by atoms with Crippen LogP contribution in [-0.4, -0.2) is 15.0 Å². The SMILES string of the molecule is C#C/C=C\c1c(-c2ccnc(Cl)n2)c[nH]c1C. The first-order chi connectivity index (χ1) is 8.22. The lowest BCUT2D eigenvalue weighted by atomic mass is 10.1. The van der Waals surface area contributed by atoms with Crippen molar-refractivity contribution >= 4 is 17.7 Å². The Labute approximate surface area is 105 Å². The van der Waals surface area contributed by atoms with Crippen LogP contribution in [0.15, 0.2) is 24.5 Å². The normalized spacial score (nSPS) is 10.6. The van der Waals surface area contributed by atoms with Gasteiger partial charge in [-0.25, -0.2) is 9.97 Å². The molecule has 2 aromatic rings. The molecule has 1 N–H and O–H groups in total. The van der Waals surface area contributed by atoms with E-state index >= 15 is 0 Å². The molecule has 0 fully saturated rings. The number of aromatic nitrogens is 3. The first kappa shape index (κ1) is 11.4. The highest BCUT2D eigenvalue weighted by Gasteiger charge is 2.09. The molecule has 0 amide bonds. The highest BCUT2D eigenvalue weighted by Crippen LogP contribution is 2.26. The molecule has 0 radical (unpaired) electrons. The van der Waals surface area contributed by atoms with Crippen LogP contribution < -0.4 is 0 Å². The molecule has 2 rings (SSSR count). The van der Waals surface area contributed by atoms with Gasteiger partial charge in [-0.15, -0.1) is 6.42 Å². The quantitative estimate of drug-likeness (QED) is 0.651. The van der Waals surface area contributed by atoms with Gasteiger partial charge in [0.05, 0.1) is 5.69 Å². The van der Waals surface area contributed by atoms with Crippen molar-refractivity contribution in [1.82, 2.24) is 15.0 Å². The number of hydrogen-bond acceptors (Lipinski definition) is 2. The molecule has 0 saturated heterocycles. The number of terminal acetylenes is 1. The van der Waals surface area contributed by atoms with Gasteiger partial charge < -0.3 is 4.98 Å². The Morgan fingerprint density at radius 3 is 3.06 bits per heavy atom. The number of rotatable bonds is 2. The van der Waals surface area contributed by atoms with Crippen LogP contribution in [0.3, 0.4) is 0 Å². The second-order valence-corrected chi connectivity index (χ2v) is 3.79. The molecule has 0 bridgehead atoms. The summed E-state index contributed by atoms with van der Waals surface area (Å²) in [5.74, 6) is 2.47. The van der Waals surface area contributed by atoms with Crippen molar-refractivity contribution in [2.24, 2.45) is 0 Å². The maximum absolute atomic E-state index is 5.78. The molecule has 0 spiro atoms. The Kier molecular flexibility index (Phi) is 3.27. The number of nitrogens with one attached hydrogen (secondary N) is 1. The Bertz CT molecular complexity index is 605. The van der Waals surface area contributed by atoms with E-state index in [4.69, 9.17) is 18.0 Å². The van der Waals surface area contributed by atoms with Crippen molar-refractivity contribution in [2.75, 3.05) is 0 Å². The van der Waals surface area contributed by atoms with Crippen LogP contribution >= 0.6 is 11.6 Å². The van der Waals surface area contributed by atoms with Gasteiger partial charge in [-0.3, -0.25) is 0 Å². The van der Waals surface area contributed by atoms with Gasteiger partial charge in [0.25, 0.3) is 0 Å². The molecule has 3 nitrogen and oxygen atoms in total. The molecule has 0 saturated carbocycles. The largest absolute Gasteiger partial charge is 0.364 e. The van der Waals surface area contributed by atoms with Crippen molar-refractivity contribution in [3.63, 3.8) is 0 Å². The summed E-state index contributed by atoms with van der Waals surface area (Å²) in [6.07, 6.45) is 12.2. The fourth-order valence-corrected chi connectivity index (χ4v) is 1.73. The maximum Gasteiger partial charge on any atom is 0.222 e. The Hall–Kier alpha value is -2.05. The molecular formula is C13H10ClN3. The zero-order chi connectivity index (χ0) is 12.3. The summed E-state index contributed by atoms with van der Waals surface area (Å²) in [6, 6.07) is 1.81. The summed E-state index contributed by atoms with van der Waals surface area (Å²) in [7, 11) is 0. The third kappa shape index (κ3) is 2.38. The lowest BCUT2D eigenvalue weighted by molar-refractivity contribution is 1.17.